The van der Waals surface area contributed by atoms with E-state index in [4.69, 9.17) is 4.74 Å². The van der Waals surface area contributed by atoms with E-state index in [0.29, 0.717) is 0 Å². The molecule has 0 N–H and O–H groups in total. The van der Waals surface area contributed by atoms with Gasteiger partial charge >= 0.3 is 0 Å². The van der Waals surface area contributed by atoms with Crippen LogP contribution in [0.5, 0.6) is 0 Å². The Kier molecular flexibility index (Phi) is 3.10. The van der Waals surface area contributed by atoms with E-state index in [2.05, 4.69) is 24.3 Å². The highest BCUT2D eigenvalue weighted by Crippen LogP contribution is 2.38. The molecule has 0 saturated carbocycles. The summed E-state index contributed by atoms with van der Waals surface area (Å²) in [6.07, 6.45) is 3.39. The standard InChI is InChI=1S/C12H12O.C2H6/c1-2-5-10-9(4-1)8-12-11(10)6-3-7-13-12;1-2/h1-2,4-5H,3,6-8H2;1-2H3. The summed E-state index contributed by atoms with van der Waals surface area (Å²) in [7, 11) is 0. The number of fused-ring (bicyclic) bond motifs is 2. The van der Waals surface area contributed by atoms with Crippen molar-refractivity contribution in [3.63, 3.8) is 0 Å². The second-order valence-corrected chi connectivity index (χ2v) is 3.69. The van der Waals surface area contributed by atoms with Gasteiger partial charge in [0.15, 0.2) is 0 Å². The molecule has 2 aliphatic rings. The lowest BCUT2D eigenvalue weighted by Crippen LogP contribution is -2.02. The van der Waals surface area contributed by atoms with Crippen molar-refractivity contribution in [2.45, 2.75) is 33.1 Å². The fourth-order valence-electron chi connectivity index (χ4n) is 2.26. The highest BCUT2D eigenvalue weighted by molar-refractivity contribution is 5.75. The fourth-order valence-corrected chi connectivity index (χ4v) is 2.26. The van der Waals surface area contributed by atoms with Gasteiger partial charge in [-0.2, -0.15) is 0 Å². The van der Waals surface area contributed by atoms with E-state index in [-0.39, 0.29) is 0 Å². The van der Waals surface area contributed by atoms with E-state index in [9.17, 15) is 0 Å². The minimum Gasteiger partial charge on any atom is -0.497 e. The summed E-state index contributed by atoms with van der Waals surface area (Å²) in [5.41, 5.74) is 4.33. The van der Waals surface area contributed by atoms with Crippen LogP contribution in [0, 0.1) is 0 Å². The van der Waals surface area contributed by atoms with Crippen LogP contribution in [0.3, 0.4) is 0 Å². The van der Waals surface area contributed by atoms with E-state index in [1.807, 2.05) is 13.8 Å². The maximum atomic E-state index is 5.66. The maximum absolute atomic E-state index is 5.66. The molecule has 1 nitrogen and oxygen atoms in total. The Morgan fingerprint density at radius 2 is 1.93 bits per heavy atom. The van der Waals surface area contributed by atoms with Crippen molar-refractivity contribution in [3.8, 4) is 0 Å². The van der Waals surface area contributed by atoms with Gasteiger partial charge in [0.25, 0.3) is 0 Å². The number of hydrogen-bond donors (Lipinski definition) is 0. The first kappa shape index (κ1) is 10.3. The fraction of sp³-hybridized carbons (Fsp3) is 0.429. The first-order chi connectivity index (χ1) is 7.45. The molecule has 1 heteroatoms. The molecule has 0 bridgehead atoms. The third-order valence-electron chi connectivity index (χ3n) is 2.88. The zero-order valence-corrected chi connectivity index (χ0v) is 9.55. The average Bonchev–Trinajstić information content (AvgIpc) is 2.70. The molecule has 3 rings (SSSR count). The quantitative estimate of drug-likeness (QED) is 0.622. The summed E-state index contributed by atoms with van der Waals surface area (Å²) in [6, 6.07) is 8.64. The predicted molar refractivity (Wildman–Crippen MR) is 63.6 cm³/mol. The van der Waals surface area contributed by atoms with E-state index < -0.39 is 0 Å². The van der Waals surface area contributed by atoms with Crippen molar-refractivity contribution in [1.82, 2.24) is 0 Å². The molecule has 1 aromatic rings. The SMILES string of the molecule is CC.c1ccc2c(c1)CC1=C2CCCO1. The molecule has 1 aliphatic heterocycles. The van der Waals surface area contributed by atoms with Gasteiger partial charge < -0.3 is 4.74 Å². The molecule has 15 heavy (non-hydrogen) atoms. The Hall–Kier alpha value is -1.24. The molecular weight excluding hydrogens is 184 g/mol. The summed E-state index contributed by atoms with van der Waals surface area (Å²) in [4.78, 5) is 0. The van der Waals surface area contributed by atoms with E-state index in [1.165, 1.54) is 35.3 Å². The first-order valence-electron chi connectivity index (χ1n) is 5.88. The van der Waals surface area contributed by atoms with E-state index >= 15 is 0 Å². The summed E-state index contributed by atoms with van der Waals surface area (Å²) < 4.78 is 5.66. The van der Waals surface area contributed by atoms with Crippen molar-refractivity contribution in [3.05, 3.63) is 41.2 Å². The van der Waals surface area contributed by atoms with Gasteiger partial charge in [0.05, 0.1) is 6.61 Å². The van der Waals surface area contributed by atoms with Crippen LogP contribution in [0.25, 0.3) is 5.57 Å². The number of benzene rings is 1. The maximum Gasteiger partial charge on any atom is 0.104 e. The van der Waals surface area contributed by atoms with Crippen LogP contribution in [-0.2, 0) is 11.2 Å². The van der Waals surface area contributed by atoms with Gasteiger partial charge in [-0.25, -0.2) is 0 Å². The molecule has 0 amide bonds. The highest BCUT2D eigenvalue weighted by Gasteiger charge is 2.24. The molecule has 1 heterocycles. The Balaban J connectivity index is 0.000000404. The third-order valence-corrected chi connectivity index (χ3v) is 2.88. The van der Waals surface area contributed by atoms with Crippen LogP contribution in [0.15, 0.2) is 30.0 Å². The molecule has 0 spiro atoms. The summed E-state index contributed by atoms with van der Waals surface area (Å²) >= 11 is 0. The minimum atomic E-state index is 0.910. The molecule has 1 aromatic carbocycles. The van der Waals surface area contributed by atoms with Crippen LogP contribution >= 0.6 is 0 Å². The lowest BCUT2D eigenvalue weighted by molar-refractivity contribution is 0.195. The van der Waals surface area contributed by atoms with Gasteiger partial charge in [-0.1, -0.05) is 38.1 Å². The molecule has 1 aliphatic carbocycles. The molecular formula is C14H18O. The average molecular weight is 202 g/mol. The Bertz CT molecular complexity index is 377. The van der Waals surface area contributed by atoms with Crippen LogP contribution in [0.1, 0.15) is 37.8 Å². The van der Waals surface area contributed by atoms with Gasteiger partial charge in [-0.05, 0) is 29.5 Å². The topological polar surface area (TPSA) is 9.23 Å². The van der Waals surface area contributed by atoms with Crippen molar-refractivity contribution in [2.75, 3.05) is 6.61 Å². The lowest BCUT2D eigenvalue weighted by Gasteiger charge is -2.15. The Morgan fingerprint density at radius 1 is 1.13 bits per heavy atom. The van der Waals surface area contributed by atoms with E-state index in [1.54, 1.807) is 0 Å². The third kappa shape index (κ3) is 1.79. The number of hydrogen-bond acceptors (Lipinski definition) is 1. The lowest BCUT2D eigenvalue weighted by atomic mass is 10.0. The first-order valence-corrected chi connectivity index (χ1v) is 5.88. The Labute approximate surface area is 91.8 Å². The zero-order valence-electron chi connectivity index (χ0n) is 9.55. The molecule has 0 aromatic heterocycles. The van der Waals surface area contributed by atoms with Crippen LogP contribution < -0.4 is 0 Å². The highest BCUT2D eigenvalue weighted by atomic mass is 16.5. The second-order valence-electron chi connectivity index (χ2n) is 3.69. The zero-order chi connectivity index (χ0) is 10.7. The van der Waals surface area contributed by atoms with Crippen LogP contribution in [-0.4, -0.2) is 6.61 Å². The largest absolute Gasteiger partial charge is 0.497 e. The number of ether oxygens (including phenoxy) is 1. The molecule has 0 radical (unpaired) electrons. The predicted octanol–water partition coefficient (Wildman–Crippen LogP) is 3.79. The summed E-state index contributed by atoms with van der Waals surface area (Å²) in [6.45, 7) is 4.91. The van der Waals surface area contributed by atoms with Crippen molar-refractivity contribution < 1.29 is 4.74 Å². The van der Waals surface area contributed by atoms with Crippen LogP contribution in [0.2, 0.25) is 0 Å². The van der Waals surface area contributed by atoms with Gasteiger partial charge in [0, 0.05) is 6.42 Å². The molecule has 0 fully saturated rings. The smallest absolute Gasteiger partial charge is 0.104 e. The molecule has 80 valence electrons. The molecule has 0 atom stereocenters. The van der Waals surface area contributed by atoms with E-state index in [0.717, 1.165) is 13.0 Å². The van der Waals surface area contributed by atoms with Gasteiger partial charge in [0.1, 0.15) is 5.76 Å². The van der Waals surface area contributed by atoms with Crippen molar-refractivity contribution in [2.24, 2.45) is 0 Å². The second kappa shape index (κ2) is 4.52. The Morgan fingerprint density at radius 3 is 2.80 bits per heavy atom. The number of rotatable bonds is 0. The van der Waals surface area contributed by atoms with Crippen molar-refractivity contribution >= 4 is 5.57 Å². The summed E-state index contributed by atoms with van der Waals surface area (Å²) in [5.74, 6) is 1.23. The van der Waals surface area contributed by atoms with Gasteiger partial charge in [-0.3, -0.25) is 0 Å². The minimum absolute atomic E-state index is 0.910. The van der Waals surface area contributed by atoms with Gasteiger partial charge in [0.2, 0.25) is 0 Å². The van der Waals surface area contributed by atoms with Gasteiger partial charge in [-0.15, -0.1) is 0 Å². The molecule has 0 unspecified atom stereocenters. The molecule has 0 saturated heterocycles. The monoisotopic (exact) mass is 202 g/mol. The van der Waals surface area contributed by atoms with Crippen LogP contribution in [0.4, 0.5) is 0 Å². The van der Waals surface area contributed by atoms with Crippen molar-refractivity contribution in [1.29, 1.82) is 0 Å². The normalized spacial score (nSPS) is 17.2. The number of allylic oxidation sites excluding steroid dienone is 2. The summed E-state index contributed by atoms with van der Waals surface area (Å²) in [5, 5.41) is 0.